The van der Waals surface area contributed by atoms with Crippen LogP contribution in [0, 0.1) is 6.92 Å². The van der Waals surface area contributed by atoms with Gasteiger partial charge < -0.3 is 10.6 Å². The molecule has 0 saturated heterocycles. The van der Waals surface area contributed by atoms with Gasteiger partial charge in [0.2, 0.25) is 0 Å². The fraction of sp³-hybridized carbons (Fsp3) is 0.368. The van der Waals surface area contributed by atoms with Crippen LogP contribution in [0.2, 0.25) is 5.02 Å². The van der Waals surface area contributed by atoms with E-state index in [4.69, 9.17) is 11.6 Å². The maximum absolute atomic E-state index is 13.1. The number of carbonyl (C=O) groups excluding carboxylic acids is 2. The Kier molecular flexibility index (Phi) is 7.25. The van der Waals surface area contributed by atoms with Crippen LogP contribution < -0.4 is 10.6 Å². The molecule has 0 aliphatic carbocycles. The van der Waals surface area contributed by atoms with Gasteiger partial charge in [0, 0.05) is 17.1 Å². The number of hydrogen-bond donors (Lipinski definition) is 2. The molecular weight excluding hydrogens is 423 g/mol. The van der Waals surface area contributed by atoms with Gasteiger partial charge in [0.1, 0.15) is 12.4 Å². The second kappa shape index (κ2) is 9.29. The number of benzene rings is 1. The number of aryl methyl sites for hydroxylation is 1. The number of rotatable bonds is 6. The third kappa shape index (κ3) is 5.59. The predicted molar refractivity (Wildman–Crippen MR) is 108 cm³/mol. The van der Waals surface area contributed by atoms with E-state index in [9.17, 15) is 22.8 Å². The fourth-order valence-corrected chi connectivity index (χ4v) is 2.88. The summed E-state index contributed by atoms with van der Waals surface area (Å²) in [6.45, 7) is 6.46. The summed E-state index contributed by atoms with van der Waals surface area (Å²) in [6, 6.07) is 3.37. The van der Waals surface area contributed by atoms with Gasteiger partial charge in [-0.2, -0.15) is 18.3 Å². The molecular formula is C19H21ClF3N5O2. The van der Waals surface area contributed by atoms with E-state index in [1.165, 1.54) is 18.3 Å². The Hall–Kier alpha value is -2.88. The van der Waals surface area contributed by atoms with Crippen molar-refractivity contribution in [2.24, 2.45) is 4.99 Å². The largest absolute Gasteiger partial charge is 0.435 e. The van der Waals surface area contributed by atoms with Crippen LogP contribution in [0.4, 0.5) is 18.9 Å². The second-order valence-electron chi connectivity index (χ2n) is 6.72. The second-order valence-corrected chi connectivity index (χ2v) is 7.16. The van der Waals surface area contributed by atoms with Gasteiger partial charge in [-0.1, -0.05) is 11.6 Å². The monoisotopic (exact) mass is 443 g/mol. The summed E-state index contributed by atoms with van der Waals surface area (Å²) < 4.78 is 40.1. The fourth-order valence-electron chi connectivity index (χ4n) is 2.61. The first-order valence-electron chi connectivity index (χ1n) is 8.95. The molecule has 1 aromatic carbocycles. The first kappa shape index (κ1) is 23.4. The Labute approximate surface area is 176 Å². The summed E-state index contributed by atoms with van der Waals surface area (Å²) >= 11 is 6.04. The molecule has 11 heteroatoms. The Morgan fingerprint density at radius 3 is 2.50 bits per heavy atom. The number of anilines is 1. The lowest BCUT2D eigenvalue weighted by Crippen LogP contribution is -2.31. The summed E-state index contributed by atoms with van der Waals surface area (Å²) in [5, 5.41) is 8.93. The van der Waals surface area contributed by atoms with Gasteiger partial charge in [-0.05, 0) is 51.6 Å². The van der Waals surface area contributed by atoms with Gasteiger partial charge in [-0.15, -0.1) is 0 Å². The Balaban J connectivity index is 2.47. The van der Waals surface area contributed by atoms with E-state index in [2.05, 4.69) is 20.7 Å². The first-order chi connectivity index (χ1) is 13.9. The number of nitrogens with zero attached hydrogens (tertiary/aromatic N) is 3. The number of alkyl halides is 3. The van der Waals surface area contributed by atoms with Crippen LogP contribution >= 0.6 is 11.6 Å². The van der Waals surface area contributed by atoms with E-state index in [-0.39, 0.29) is 34.7 Å². The molecule has 0 saturated carbocycles. The molecule has 2 rings (SSSR count). The standard InChI is InChI=1S/C19H21ClF3N5O2/c1-5-24-9-28-14(8-15(27-28)19(21,22)23)18(30)26-16-11(4)6-12(20)7-13(16)17(29)25-10(2)3/h5-8,10H,9H2,1-4H3,(H,25,29)(H,26,30)/b24-5-. The molecule has 0 aliphatic heterocycles. The lowest BCUT2D eigenvalue weighted by molar-refractivity contribution is -0.141. The number of halogens is 4. The Morgan fingerprint density at radius 1 is 1.27 bits per heavy atom. The average Bonchev–Trinajstić information content (AvgIpc) is 3.05. The quantitative estimate of drug-likeness (QED) is 0.652. The molecule has 30 heavy (non-hydrogen) atoms. The van der Waals surface area contributed by atoms with Crippen molar-refractivity contribution in [3.63, 3.8) is 0 Å². The van der Waals surface area contributed by atoms with Crippen molar-refractivity contribution in [2.75, 3.05) is 5.32 Å². The van der Waals surface area contributed by atoms with Crippen molar-refractivity contribution in [3.8, 4) is 0 Å². The van der Waals surface area contributed by atoms with Crippen LogP contribution in [0.3, 0.4) is 0 Å². The van der Waals surface area contributed by atoms with Crippen molar-refractivity contribution in [3.05, 3.63) is 45.7 Å². The zero-order valence-electron chi connectivity index (χ0n) is 16.8. The van der Waals surface area contributed by atoms with Gasteiger partial charge in [0.25, 0.3) is 11.8 Å². The van der Waals surface area contributed by atoms with Crippen LogP contribution in [0.25, 0.3) is 0 Å². The van der Waals surface area contributed by atoms with Crippen molar-refractivity contribution >= 4 is 35.3 Å². The van der Waals surface area contributed by atoms with E-state index < -0.39 is 23.7 Å². The van der Waals surface area contributed by atoms with Gasteiger partial charge >= 0.3 is 6.18 Å². The van der Waals surface area contributed by atoms with E-state index in [0.717, 1.165) is 4.68 Å². The molecule has 0 atom stereocenters. The molecule has 0 unspecified atom stereocenters. The minimum absolute atomic E-state index is 0.0933. The van der Waals surface area contributed by atoms with Gasteiger partial charge in [-0.25, -0.2) is 4.68 Å². The lowest BCUT2D eigenvalue weighted by atomic mass is 10.1. The summed E-state index contributed by atoms with van der Waals surface area (Å²) in [4.78, 5) is 29.2. The summed E-state index contributed by atoms with van der Waals surface area (Å²) in [5.41, 5.74) is -0.862. The molecule has 1 aromatic heterocycles. The van der Waals surface area contributed by atoms with E-state index in [1.54, 1.807) is 27.7 Å². The van der Waals surface area contributed by atoms with Crippen molar-refractivity contribution in [1.29, 1.82) is 0 Å². The SMILES string of the molecule is C/C=N\Cn1nc(C(F)(F)F)cc1C(=O)Nc1c(C)cc(Cl)cc1C(=O)NC(C)C. The van der Waals surface area contributed by atoms with Crippen LogP contribution in [-0.4, -0.2) is 33.9 Å². The number of hydrogen-bond acceptors (Lipinski definition) is 4. The molecule has 162 valence electrons. The number of nitrogens with one attached hydrogen (secondary N) is 2. The molecule has 0 spiro atoms. The van der Waals surface area contributed by atoms with Crippen molar-refractivity contribution < 1.29 is 22.8 Å². The highest BCUT2D eigenvalue weighted by molar-refractivity contribution is 6.31. The third-order valence-electron chi connectivity index (χ3n) is 3.90. The Morgan fingerprint density at radius 2 is 1.93 bits per heavy atom. The first-order valence-corrected chi connectivity index (χ1v) is 9.33. The number of amides is 2. The summed E-state index contributed by atoms with van der Waals surface area (Å²) in [5.74, 6) is -1.35. The molecule has 0 bridgehead atoms. The molecule has 2 aromatic rings. The zero-order valence-corrected chi connectivity index (χ0v) is 17.5. The highest BCUT2D eigenvalue weighted by Crippen LogP contribution is 2.30. The minimum Gasteiger partial charge on any atom is -0.350 e. The predicted octanol–water partition coefficient (Wildman–Crippen LogP) is 4.30. The topological polar surface area (TPSA) is 88.4 Å². The average molecular weight is 444 g/mol. The van der Waals surface area contributed by atoms with Crippen molar-refractivity contribution in [2.45, 2.75) is 46.6 Å². The van der Waals surface area contributed by atoms with Gasteiger partial charge in [-0.3, -0.25) is 14.6 Å². The van der Waals surface area contributed by atoms with Crippen molar-refractivity contribution in [1.82, 2.24) is 15.1 Å². The molecule has 1 heterocycles. The minimum atomic E-state index is -4.73. The molecule has 0 radical (unpaired) electrons. The maximum atomic E-state index is 13.1. The number of aromatic nitrogens is 2. The van der Waals surface area contributed by atoms with Crippen LogP contribution in [-0.2, 0) is 12.8 Å². The third-order valence-corrected chi connectivity index (χ3v) is 4.12. The molecule has 2 amide bonds. The van der Waals surface area contributed by atoms with Gasteiger partial charge in [0.15, 0.2) is 5.69 Å². The number of carbonyl (C=O) groups is 2. The van der Waals surface area contributed by atoms with E-state index in [1.807, 2.05) is 0 Å². The highest BCUT2D eigenvalue weighted by atomic mass is 35.5. The summed E-state index contributed by atoms with van der Waals surface area (Å²) in [6.07, 6.45) is -3.34. The molecule has 0 aliphatic rings. The van der Waals surface area contributed by atoms with E-state index in [0.29, 0.717) is 11.6 Å². The van der Waals surface area contributed by atoms with E-state index >= 15 is 0 Å². The lowest BCUT2D eigenvalue weighted by Gasteiger charge is -2.16. The Bertz CT molecular complexity index is 983. The smallest absolute Gasteiger partial charge is 0.350 e. The van der Waals surface area contributed by atoms with Gasteiger partial charge in [0.05, 0.1) is 11.3 Å². The number of aliphatic imine (C=N–C) groups is 1. The highest BCUT2D eigenvalue weighted by Gasteiger charge is 2.36. The summed E-state index contributed by atoms with van der Waals surface area (Å²) in [7, 11) is 0. The molecule has 7 nitrogen and oxygen atoms in total. The molecule has 2 N–H and O–H groups in total. The van der Waals surface area contributed by atoms with Crippen LogP contribution in [0.15, 0.2) is 23.2 Å². The molecule has 0 fully saturated rings. The normalized spacial score (nSPS) is 11.9. The van der Waals surface area contributed by atoms with Crippen LogP contribution in [0.1, 0.15) is 52.9 Å². The maximum Gasteiger partial charge on any atom is 0.435 e. The van der Waals surface area contributed by atoms with Crippen LogP contribution in [0.5, 0.6) is 0 Å². The zero-order chi connectivity index (χ0) is 22.6.